The van der Waals surface area contributed by atoms with E-state index in [0.29, 0.717) is 6.54 Å². The highest BCUT2D eigenvalue weighted by molar-refractivity contribution is 7.07. The third-order valence-corrected chi connectivity index (χ3v) is 4.65. The molecular weight excluding hydrogens is 260 g/mol. The van der Waals surface area contributed by atoms with Crippen LogP contribution in [0.3, 0.4) is 0 Å². The SMILES string of the molecule is O=c1[nH]c(C2(c3cscn3)CC2)nc2c1CNCC2. The molecule has 0 saturated heterocycles. The van der Waals surface area contributed by atoms with Gasteiger partial charge in [0, 0.05) is 24.9 Å². The van der Waals surface area contributed by atoms with Crippen LogP contribution < -0.4 is 10.9 Å². The summed E-state index contributed by atoms with van der Waals surface area (Å²) in [6.45, 7) is 1.52. The zero-order valence-electron chi connectivity index (χ0n) is 10.4. The first-order valence-corrected chi connectivity index (χ1v) is 7.46. The standard InChI is InChI=1S/C13H14N4OS/c18-11-8-5-14-4-1-9(8)16-12(17-11)13(2-3-13)10-6-19-7-15-10/h6-7,14H,1-5H2,(H,16,17,18). The molecule has 0 bridgehead atoms. The third-order valence-electron chi connectivity index (χ3n) is 4.07. The molecule has 2 aliphatic rings. The second-order valence-corrected chi connectivity index (χ2v) is 5.94. The maximum atomic E-state index is 12.2. The van der Waals surface area contributed by atoms with Crippen molar-refractivity contribution in [3.05, 3.63) is 44.0 Å². The van der Waals surface area contributed by atoms with Crippen molar-refractivity contribution in [2.24, 2.45) is 0 Å². The van der Waals surface area contributed by atoms with E-state index in [9.17, 15) is 4.79 Å². The van der Waals surface area contributed by atoms with Gasteiger partial charge in [-0.3, -0.25) is 4.79 Å². The Morgan fingerprint density at radius 3 is 3.00 bits per heavy atom. The number of thiazole rings is 1. The number of aromatic amines is 1. The summed E-state index contributed by atoms with van der Waals surface area (Å²) in [7, 11) is 0. The van der Waals surface area contributed by atoms with Gasteiger partial charge in [-0.05, 0) is 12.8 Å². The minimum atomic E-state index is -0.126. The zero-order valence-corrected chi connectivity index (χ0v) is 11.2. The van der Waals surface area contributed by atoms with Gasteiger partial charge in [0.1, 0.15) is 5.82 Å². The number of fused-ring (bicyclic) bond motifs is 1. The van der Waals surface area contributed by atoms with Gasteiger partial charge in [0.15, 0.2) is 0 Å². The van der Waals surface area contributed by atoms with E-state index in [-0.39, 0.29) is 11.0 Å². The van der Waals surface area contributed by atoms with Gasteiger partial charge in [-0.25, -0.2) is 9.97 Å². The molecule has 0 aromatic carbocycles. The van der Waals surface area contributed by atoms with Gasteiger partial charge in [-0.1, -0.05) is 0 Å². The number of hydrogen-bond donors (Lipinski definition) is 2. The van der Waals surface area contributed by atoms with Crippen LogP contribution in [0, 0.1) is 0 Å². The van der Waals surface area contributed by atoms with Crippen LogP contribution in [0.5, 0.6) is 0 Å². The summed E-state index contributed by atoms with van der Waals surface area (Å²) in [6, 6.07) is 0. The van der Waals surface area contributed by atoms with Crippen LogP contribution >= 0.6 is 11.3 Å². The van der Waals surface area contributed by atoms with Crippen LogP contribution in [0.15, 0.2) is 15.7 Å². The molecule has 1 fully saturated rings. The van der Waals surface area contributed by atoms with E-state index in [1.54, 1.807) is 11.3 Å². The maximum Gasteiger partial charge on any atom is 0.255 e. The lowest BCUT2D eigenvalue weighted by Crippen LogP contribution is -2.33. The topological polar surface area (TPSA) is 70.7 Å². The highest BCUT2D eigenvalue weighted by Gasteiger charge is 2.50. The second kappa shape index (κ2) is 3.98. The summed E-state index contributed by atoms with van der Waals surface area (Å²) in [5.41, 5.74) is 4.53. The molecule has 0 unspecified atom stereocenters. The molecule has 6 heteroatoms. The molecule has 5 nitrogen and oxygen atoms in total. The Labute approximate surface area is 114 Å². The molecule has 2 N–H and O–H groups in total. The minimum absolute atomic E-state index is 0.00806. The van der Waals surface area contributed by atoms with E-state index >= 15 is 0 Å². The van der Waals surface area contributed by atoms with Crippen molar-refractivity contribution in [1.82, 2.24) is 20.3 Å². The molecule has 98 valence electrons. The van der Waals surface area contributed by atoms with Crippen molar-refractivity contribution in [3.63, 3.8) is 0 Å². The normalized spacial score (nSPS) is 20.0. The van der Waals surface area contributed by atoms with Gasteiger partial charge < -0.3 is 10.3 Å². The summed E-state index contributed by atoms with van der Waals surface area (Å²) >= 11 is 1.59. The molecule has 0 amide bonds. The molecule has 4 rings (SSSR count). The quantitative estimate of drug-likeness (QED) is 0.855. The number of rotatable bonds is 2. The first kappa shape index (κ1) is 11.3. The summed E-state index contributed by atoms with van der Waals surface area (Å²) in [5, 5.41) is 5.28. The first-order valence-electron chi connectivity index (χ1n) is 6.51. The Kier molecular flexibility index (Phi) is 2.37. The number of hydrogen-bond acceptors (Lipinski definition) is 5. The summed E-state index contributed by atoms with van der Waals surface area (Å²) in [4.78, 5) is 24.3. The fourth-order valence-corrected chi connectivity index (χ4v) is 3.42. The Morgan fingerprint density at radius 1 is 1.37 bits per heavy atom. The highest BCUT2D eigenvalue weighted by Crippen LogP contribution is 2.51. The van der Waals surface area contributed by atoms with Crippen LogP contribution in [-0.2, 0) is 18.4 Å². The molecule has 0 radical (unpaired) electrons. The predicted molar refractivity (Wildman–Crippen MR) is 72.4 cm³/mol. The van der Waals surface area contributed by atoms with Crippen molar-refractivity contribution < 1.29 is 0 Å². The van der Waals surface area contributed by atoms with E-state index < -0.39 is 0 Å². The molecule has 0 atom stereocenters. The molecule has 1 aliphatic carbocycles. The lowest BCUT2D eigenvalue weighted by molar-refractivity contribution is 0.603. The number of aromatic nitrogens is 3. The van der Waals surface area contributed by atoms with E-state index in [4.69, 9.17) is 4.98 Å². The van der Waals surface area contributed by atoms with E-state index in [1.165, 1.54) is 0 Å². The Balaban J connectivity index is 1.85. The van der Waals surface area contributed by atoms with Crippen LogP contribution in [0.4, 0.5) is 0 Å². The van der Waals surface area contributed by atoms with Crippen LogP contribution in [0.1, 0.15) is 35.6 Å². The fourth-order valence-electron chi connectivity index (χ4n) is 2.77. The van der Waals surface area contributed by atoms with Gasteiger partial charge in [-0.15, -0.1) is 11.3 Å². The largest absolute Gasteiger partial charge is 0.312 e. The lowest BCUT2D eigenvalue weighted by Gasteiger charge is -2.18. The average Bonchev–Trinajstić information content (AvgIpc) is 3.06. The van der Waals surface area contributed by atoms with Crippen molar-refractivity contribution in [2.45, 2.75) is 31.2 Å². The smallest absolute Gasteiger partial charge is 0.255 e. The maximum absolute atomic E-state index is 12.2. The molecule has 2 aromatic rings. The molecule has 1 saturated carbocycles. The molecule has 3 heterocycles. The van der Waals surface area contributed by atoms with E-state index in [1.807, 2.05) is 5.51 Å². The van der Waals surface area contributed by atoms with Crippen LogP contribution in [-0.4, -0.2) is 21.5 Å². The van der Waals surface area contributed by atoms with Crippen molar-refractivity contribution in [1.29, 1.82) is 0 Å². The van der Waals surface area contributed by atoms with Gasteiger partial charge in [0.2, 0.25) is 0 Å². The van der Waals surface area contributed by atoms with E-state index in [0.717, 1.165) is 48.6 Å². The van der Waals surface area contributed by atoms with Gasteiger partial charge in [0.25, 0.3) is 5.56 Å². The third kappa shape index (κ3) is 1.67. The van der Waals surface area contributed by atoms with Crippen LogP contribution in [0.25, 0.3) is 0 Å². The first-order chi connectivity index (χ1) is 9.29. The highest BCUT2D eigenvalue weighted by atomic mass is 32.1. The van der Waals surface area contributed by atoms with Gasteiger partial charge >= 0.3 is 0 Å². The Bertz CT molecular complexity index is 672. The van der Waals surface area contributed by atoms with E-state index in [2.05, 4.69) is 20.7 Å². The van der Waals surface area contributed by atoms with Crippen molar-refractivity contribution in [2.75, 3.05) is 6.54 Å². The zero-order chi connectivity index (χ0) is 12.9. The summed E-state index contributed by atoms with van der Waals surface area (Å²) < 4.78 is 0. The summed E-state index contributed by atoms with van der Waals surface area (Å²) in [5.74, 6) is 0.809. The second-order valence-electron chi connectivity index (χ2n) is 5.22. The van der Waals surface area contributed by atoms with Gasteiger partial charge in [-0.2, -0.15) is 0 Å². The summed E-state index contributed by atoms with van der Waals surface area (Å²) in [6.07, 6.45) is 2.88. The molecular formula is C13H14N4OS. The van der Waals surface area contributed by atoms with Crippen molar-refractivity contribution >= 4 is 11.3 Å². The predicted octanol–water partition coefficient (Wildman–Crippen LogP) is 0.952. The Morgan fingerprint density at radius 2 is 2.26 bits per heavy atom. The average molecular weight is 274 g/mol. The molecule has 0 spiro atoms. The number of nitrogens with one attached hydrogen (secondary N) is 2. The van der Waals surface area contributed by atoms with Crippen LogP contribution in [0.2, 0.25) is 0 Å². The Hall–Kier alpha value is -1.53. The monoisotopic (exact) mass is 274 g/mol. The molecule has 1 aliphatic heterocycles. The number of H-pyrrole nitrogens is 1. The lowest BCUT2D eigenvalue weighted by atomic mass is 10.0. The molecule has 2 aromatic heterocycles. The minimum Gasteiger partial charge on any atom is -0.312 e. The van der Waals surface area contributed by atoms with Crippen molar-refractivity contribution in [3.8, 4) is 0 Å². The number of nitrogens with zero attached hydrogens (tertiary/aromatic N) is 2. The fraction of sp³-hybridized carbons (Fsp3) is 0.462. The van der Waals surface area contributed by atoms with Gasteiger partial charge in [0.05, 0.1) is 27.9 Å². The molecule has 19 heavy (non-hydrogen) atoms.